The number of esters is 1. The zero-order valence-corrected chi connectivity index (χ0v) is 14.6. The third kappa shape index (κ3) is 6.57. The fourth-order valence-electron chi connectivity index (χ4n) is 2.28. The van der Waals surface area contributed by atoms with Crippen LogP contribution in [0.4, 0.5) is 0 Å². The van der Waals surface area contributed by atoms with Crippen molar-refractivity contribution in [2.75, 3.05) is 13.2 Å². The molecule has 26 heavy (non-hydrogen) atoms. The molecule has 2 aromatic carbocycles. The number of ether oxygens (including phenoxy) is 3. The van der Waals surface area contributed by atoms with Gasteiger partial charge in [-0.05, 0) is 30.2 Å². The van der Waals surface area contributed by atoms with Gasteiger partial charge in [0.05, 0.1) is 0 Å². The zero-order valence-electron chi connectivity index (χ0n) is 14.6. The molecular weight excluding hydrogens is 336 g/mol. The van der Waals surface area contributed by atoms with Crippen molar-refractivity contribution >= 4 is 11.9 Å². The van der Waals surface area contributed by atoms with E-state index in [2.05, 4.69) is 0 Å². The lowest BCUT2D eigenvalue weighted by Crippen LogP contribution is -2.26. The predicted octanol–water partition coefficient (Wildman–Crippen LogP) is 2.84. The monoisotopic (exact) mass is 358 g/mol. The summed E-state index contributed by atoms with van der Waals surface area (Å²) in [6, 6.07) is 16.3. The summed E-state index contributed by atoms with van der Waals surface area (Å²) < 4.78 is 15.7. The van der Waals surface area contributed by atoms with Crippen molar-refractivity contribution in [2.45, 2.75) is 26.1 Å². The molecule has 138 valence electrons. The van der Waals surface area contributed by atoms with Gasteiger partial charge >= 0.3 is 11.9 Å². The van der Waals surface area contributed by atoms with Crippen molar-refractivity contribution in [1.29, 1.82) is 0 Å². The van der Waals surface area contributed by atoms with Crippen LogP contribution in [0.3, 0.4) is 0 Å². The summed E-state index contributed by atoms with van der Waals surface area (Å²) in [6.07, 6.45) is -0.609. The molecule has 2 aromatic rings. The van der Waals surface area contributed by atoms with E-state index in [4.69, 9.17) is 19.3 Å². The summed E-state index contributed by atoms with van der Waals surface area (Å²) in [6.45, 7) is 2.10. The largest absolute Gasteiger partial charge is 0.482 e. The number of aliphatic carboxylic acids is 1. The Balaban J connectivity index is 1.77. The van der Waals surface area contributed by atoms with Crippen LogP contribution in [0.2, 0.25) is 0 Å². The lowest BCUT2D eigenvalue weighted by atomic mass is 10.1. The highest BCUT2D eigenvalue weighted by molar-refractivity contribution is 5.72. The first-order valence-corrected chi connectivity index (χ1v) is 8.34. The second-order valence-corrected chi connectivity index (χ2v) is 5.57. The van der Waals surface area contributed by atoms with Crippen LogP contribution in [0.5, 0.6) is 5.75 Å². The van der Waals surface area contributed by atoms with Gasteiger partial charge in [0, 0.05) is 13.0 Å². The van der Waals surface area contributed by atoms with Crippen molar-refractivity contribution in [3.63, 3.8) is 0 Å². The number of carbonyl (C=O) groups is 2. The van der Waals surface area contributed by atoms with Crippen LogP contribution < -0.4 is 4.74 Å². The molecule has 0 amide bonds. The number of rotatable bonds is 10. The molecule has 0 aliphatic heterocycles. The Kier molecular flexibility index (Phi) is 7.64. The Morgan fingerprint density at radius 2 is 1.69 bits per heavy atom. The highest BCUT2D eigenvalue weighted by atomic mass is 16.6. The van der Waals surface area contributed by atoms with Gasteiger partial charge in [0.15, 0.2) is 12.7 Å². The lowest BCUT2D eigenvalue weighted by Gasteiger charge is -2.12. The molecular formula is C20H22O6. The number of hydrogen-bond donors (Lipinski definition) is 1. The fourth-order valence-corrected chi connectivity index (χ4v) is 2.28. The smallest absolute Gasteiger partial charge is 0.344 e. The van der Waals surface area contributed by atoms with Crippen LogP contribution >= 0.6 is 0 Å². The molecule has 6 nitrogen and oxygen atoms in total. The van der Waals surface area contributed by atoms with Crippen LogP contribution in [-0.4, -0.2) is 36.4 Å². The van der Waals surface area contributed by atoms with Crippen molar-refractivity contribution in [2.24, 2.45) is 0 Å². The average Bonchev–Trinajstić information content (AvgIpc) is 2.66. The summed E-state index contributed by atoms with van der Waals surface area (Å²) in [7, 11) is 0. The number of benzene rings is 2. The summed E-state index contributed by atoms with van der Waals surface area (Å²) in [5.41, 5.74) is 1.72. The van der Waals surface area contributed by atoms with E-state index < -0.39 is 18.0 Å². The van der Waals surface area contributed by atoms with Gasteiger partial charge in [-0.1, -0.05) is 42.5 Å². The zero-order chi connectivity index (χ0) is 18.8. The number of carboxylic acids is 1. The summed E-state index contributed by atoms with van der Waals surface area (Å²) in [5, 5.41) is 9.10. The maximum atomic E-state index is 11.7. The van der Waals surface area contributed by atoms with Crippen LogP contribution in [0.1, 0.15) is 18.1 Å². The number of carbonyl (C=O) groups excluding carboxylic acids is 1. The number of hydrogen-bond acceptors (Lipinski definition) is 5. The highest BCUT2D eigenvalue weighted by Gasteiger charge is 2.17. The SMILES string of the molecule is CCO[C@@H](Cc1ccc(OCC(=O)OCc2ccccc2)cc1)C(=O)O. The number of carboxylic acid groups (broad SMARTS) is 1. The van der Waals surface area contributed by atoms with E-state index in [1.54, 1.807) is 31.2 Å². The first kappa shape index (κ1) is 19.5. The average molecular weight is 358 g/mol. The van der Waals surface area contributed by atoms with Gasteiger partial charge < -0.3 is 19.3 Å². The van der Waals surface area contributed by atoms with Crippen LogP contribution in [0.15, 0.2) is 54.6 Å². The standard InChI is InChI=1S/C20H22O6/c1-2-24-18(20(22)23)12-15-8-10-17(11-9-15)25-14-19(21)26-13-16-6-4-3-5-7-16/h3-11,18H,2,12-14H2,1H3,(H,22,23)/t18-/m0/s1. The van der Waals surface area contributed by atoms with E-state index in [0.29, 0.717) is 12.4 Å². The molecule has 0 unspecified atom stereocenters. The Bertz CT molecular complexity index is 696. The fraction of sp³-hybridized carbons (Fsp3) is 0.300. The van der Waals surface area contributed by atoms with Crippen molar-refractivity contribution in [3.05, 3.63) is 65.7 Å². The lowest BCUT2D eigenvalue weighted by molar-refractivity contribution is -0.150. The van der Waals surface area contributed by atoms with Gasteiger partial charge in [-0.15, -0.1) is 0 Å². The van der Waals surface area contributed by atoms with Gasteiger partial charge in [-0.25, -0.2) is 9.59 Å². The molecule has 0 aromatic heterocycles. The Morgan fingerprint density at radius 3 is 2.31 bits per heavy atom. The van der Waals surface area contributed by atoms with E-state index >= 15 is 0 Å². The minimum absolute atomic E-state index is 0.192. The second kappa shape index (κ2) is 10.2. The maximum absolute atomic E-state index is 11.7. The predicted molar refractivity (Wildman–Crippen MR) is 94.9 cm³/mol. The van der Waals surface area contributed by atoms with Gasteiger partial charge in [0.2, 0.25) is 0 Å². The molecule has 1 N–H and O–H groups in total. The van der Waals surface area contributed by atoms with Gasteiger partial charge in [0.1, 0.15) is 12.4 Å². The Morgan fingerprint density at radius 1 is 1.00 bits per heavy atom. The molecule has 0 spiro atoms. The molecule has 0 aliphatic carbocycles. The molecule has 0 heterocycles. The molecule has 2 rings (SSSR count). The quantitative estimate of drug-likeness (QED) is 0.658. The van der Waals surface area contributed by atoms with Crippen LogP contribution in [-0.2, 0) is 32.1 Å². The third-order valence-corrected chi connectivity index (χ3v) is 3.59. The molecule has 0 radical (unpaired) electrons. The van der Waals surface area contributed by atoms with Crippen molar-refractivity contribution < 1.29 is 28.9 Å². The third-order valence-electron chi connectivity index (χ3n) is 3.59. The van der Waals surface area contributed by atoms with E-state index in [1.165, 1.54) is 0 Å². The topological polar surface area (TPSA) is 82.1 Å². The first-order chi connectivity index (χ1) is 12.6. The van der Waals surface area contributed by atoms with Gasteiger partial charge in [-0.2, -0.15) is 0 Å². The van der Waals surface area contributed by atoms with Crippen molar-refractivity contribution in [3.8, 4) is 5.75 Å². The van der Waals surface area contributed by atoms with Gasteiger partial charge in [-0.3, -0.25) is 0 Å². The van der Waals surface area contributed by atoms with Crippen LogP contribution in [0.25, 0.3) is 0 Å². The molecule has 0 saturated carbocycles. The molecule has 0 fully saturated rings. The second-order valence-electron chi connectivity index (χ2n) is 5.57. The Labute approximate surface area is 152 Å². The molecule has 0 saturated heterocycles. The normalized spacial score (nSPS) is 11.6. The van der Waals surface area contributed by atoms with Crippen molar-refractivity contribution in [1.82, 2.24) is 0 Å². The summed E-state index contributed by atoms with van der Waals surface area (Å²) >= 11 is 0. The molecule has 6 heteroatoms. The van der Waals surface area contributed by atoms with E-state index in [0.717, 1.165) is 11.1 Å². The molecule has 0 aliphatic rings. The Hall–Kier alpha value is -2.86. The van der Waals surface area contributed by atoms with Crippen LogP contribution in [0, 0.1) is 0 Å². The molecule has 1 atom stereocenters. The van der Waals surface area contributed by atoms with E-state index in [9.17, 15) is 9.59 Å². The summed E-state index contributed by atoms with van der Waals surface area (Å²) in [4.78, 5) is 22.8. The highest BCUT2D eigenvalue weighted by Crippen LogP contribution is 2.15. The minimum atomic E-state index is -0.992. The minimum Gasteiger partial charge on any atom is -0.482 e. The summed E-state index contributed by atoms with van der Waals surface area (Å²) in [5.74, 6) is -0.942. The maximum Gasteiger partial charge on any atom is 0.344 e. The molecule has 0 bridgehead atoms. The first-order valence-electron chi connectivity index (χ1n) is 8.34. The van der Waals surface area contributed by atoms with Gasteiger partial charge in [0.25, 0.3) is 0 Å². The van der Waals surface area contributed by atoms with E-state index in [1.807, 2.05) is 30.3 Å². The van der Waals surface area contributed by atoms with E-state index in [-0.39, 0.29) is 19.6 Å².